The number of hydroxylamine groups is 1. The van der Waals surface area contributed by atoms with E-state index in [0.29, 0.717) is 19.8 Å². The fourth-order valence-corrected chi connectivity index (χ4v) is 3.03. The molecule has 0 aromatic heterocycles. The highest BCUT2D eigenvalue weighted by molar-refractivity contribution is 5.20. The van der Waals surface area contributed by atoms with Crippen LogP contribution in [0.3, 0.4) is 0 Å². The first kappa shape index (κ1) is 19.9. The number of para-hydroxylation sites is 1. The van der Waals surface area contributed by atoms with E-state index in [1.54, 1.807) is 0 Å². The molecule has 1 saturated heterocycles. The average molecular weight is 349 g/mol. The van der Waals surface area contributed by atoms with Crippen molar-refractivity contribution in [2.75, 3.05) is 19.8 Å². The summed E-state index contributed by atoms with van der Waals surface area (Å²) in [5, 5.41) is 9.42. The van der Waals surface area contributed by atoms with Crippen LogP contribution in [0.1, 0.15) is 45.4 Å². The number of allylic oxidation sites excluding steroid dienone is 2. The van der Waals surface area contributed by atoms with E-state index in [2.05, 4.69) is 17.6 Å². The molecule has 5 nitrogen and oxygen atoms in total. The van der Waals surface area contributed by atoms with Crippen LogP contribution >= 0.6 is 0 Å². The number of nitrogens with one attached hydrogen (secondary N) is 1. The molecule has 1 aliphatic rings. The smallest absolute Gasteiger partial charge is 0.168 e. The molecule has 0 amide bonds. The van der Waals surface area contributed by atoms with E-state index < -0.39 is 5.79 Å². The zero-order valence-corrected chi connectivity index (χ0v) is 15.2. The molecule has 0 spiro atoms. The van der Waals surface area contributed by atoms with Crippen LogP contribution in [0.25, 0.3) is 0 Å². The first-order valence-electron chi connectivity index (χ1n) is 9.24. The maximum absolute atomic E-state index is 9.42. The molecule has 1 aromatic rings. The topological polar surface area (TPSA) is 60.0 Å². The van der Waals surface area contributed by atoms with Crippen LogP contribution in [0, 0.1) is 0 Å². The van der Waals surface area contributed by atoms with Gasteiger partial charge in [-0.25, -0.2) is 0 Å². The predicted molar refractivity (Wildman–Crippen MR) is 97.8 cm³/mol. The molecule has 5 heteroatoms. The minimum absolute atomic E-state index is 0.159. The van der Waals surface area contributed by atoms with Crippen molar-refractivity contribution in [1.82, 2.24) is 5.48 Å². The van der Waals surface area contributed by atoms with Crippen LogP contribution < -0.4 is 10.2 Å². The molecule has 2 N–H and O–H groups in total. The summed E-state index contributed by atoms with van der Waals surface area (Å²) < 4.78 is 17.5. The van der Waals surface area contributed by atoms with Gasteiger partial charge in [0.15, 0.2) is 5.79 Å². The zero-order chi connectivity index (χ0) is 17.8. The molecule has 0 saturated carbocycles. The lowest BCUT2D eigenvalue weighted by molar-refractivity contribution is -0.170. The zero-order valence-electron chi connectivity index (χ0n) is 15.2. The summed E-state index contributed by atoms with van der Waals surface area (Å²) in [4.78, 5) is 0. The third-order valence-electron chi connectivity index (χ3n) is 4.48. The highest BCUT2D eigenvalue weighted by Crippen LogP contribution is 2.31. The van der Waals surface area contributed by atoms with Crippen LogP contribution in [0.5, 0.6) is 5.75 Å². The van der Waals surface area contributed by atoms with Crippen LogP contribution in [-0.2, 0) is 9.47 Å². The molecule has 2 rings (SSSR count). The lowest BCUT2D eigenvalue weighted by Gasteiger charge is -2.29. The monoisotopic (exact) mass is 349 g/mol. The second kappa shape index (κ2) is 11.3. The van der Waals surface area contributed by atoms with Gasteiger partial charge in [-0.1, -0.05) is 30.4 Å². The van der Waals surface area contributed by atoms with Gasteiger partial charge in [0.1, 0.15) is 12.4 Å². The minimum Gasteiger partial charge on any atom is -0.492 e. The standard InChI is InChI=1S/C20H31NO4/c1-2-3-4-5-9-13-20(24-15-16-25-20)14-12-18(21-22)17-23-19-10-7-6-8-11-19/h2-3,6-8,10-11,18,21-22H,4-5,9,12-17H2,1H3/b3-2+. The van der Waals surface area contributed by atoms with Crippen molar-refractivity contribution >= 4 is 0 Å². The maximum Gasteiger partial charge on any atom is 0.168 e. The molecule has 0 radical (unpaired) electrons. The van der Waals surface area contributed by atoms with Gasteiger partial charge in [-0.15, -0.1) is 0 Å². The summed E-state index contributed by atoms with van der Waals surface area (Å²) >= 11 is 0. The van der Waals surface area contributed by atoms with E-state index in [-0.39, 0.29) is 6.04 Å². The van der Waals surface area contributed by atoms with Crippen LogP contribution in [0.4, 0.5) is 0 Å². The Kier molecular flexibility index (Phi) is 8.97. The van der Waals surface area contributed by atoms with E-state index in [4.69, 9.17) is 14.2 Å². The average Bonchev–Trinajstić information content (AvgIpc) is 3.12. The molecule has 0 aliphatic carbocycles. The van der Waals surface area contributed by atoms with E-state index in [9.17, 15) is 5.21 Å². The van der Waals surface area contributed by atoms with Crippen molar-refractivity contribution in [3.8, 4) is 5.75 Å². The lowest BCUT2D eigenvalue weighted by atomic mass is 9.99. The molecule has 25 heavy (non-hydrogen) atoms. The van der Waals surface area contributed by atoms with E-state index in [1.165, 1.54) is 0 Å². The summed E-state index contributed by atoms with van der Waals surface area (Å²) in [5.41, 5.74) is 2.35. The molecule has 1 fully saturated rings. The van der Waals surface area contributed by atoms with Gasteiger partial charge < -0.3 is 19.4 Å². The Labute approximate surface area is 150 Å². The second-order valence-electron chi connectivity index (χ2n) is 6.41. The largest absolute Gasteiger partial charge is 0.492 e. The van der Waals surface area contributed by atoms with Gasteiger partial charge in [-0.2, -0.15) is 5.48 Å². The number of unbranched alkanes of at least 4 members (excludes halogenated alkanes) is 2. The molecule has 0 bridgehead atoms. The number of hydrogen-bond donors (Lipinski definition) is 2. The molecular formula is C20H31NO4. The summed E-state index contributed by atoms with van der Waals surface area (Å²) in [6.45, 7) is 3.74. The van der Waals surface area contributed by atoms with Crippen molar-refractivity contribution in [1.29, 1.82) is 0 Å². The third-order valence-corrected chi connectivity index (χ3v) is 4.48. The third kappa shape index (κ3) is 7.16. The molecule has 1 unspecified atom stereocenters. The van der Waals surface area contributed by atoms with Crippen LogP contribution in [0.2, 0.25) is 0 Å². The van der Waals surface area contributed by atoms with Crippen molar-refractivity contribution in [2.24, 2.45) is 0 Å². The first-order chi connectivity index (χ1) is 12.3. The lowest BCUT2D eigenvalue weighted by Crippen LogP contribution is -2.37. The summed E-state index contributed by atoms with van der Waals surface area (Å²) in [7, 11) is 0. The highest BCUT2D eigenvalue weighted by atomic mass is 16.7. The molecule has 140 valence electrons. The van der Waals surface area contributed by atoms with Gasteiger partial charge in [0.25, 0.3) is 0 Å². The summed E-state index contributed by atoms with van der Waals surface area (Å²) in [6.07, 6.45) is 9.93. The SMILES string of the molecule is C/C=C/CCCCC1(CCC(COc2ccccc2)NO)OCCO1. The van der Waals surface area contributed by atoms with Gasteiger partial charge in [-0.05, 0) is 44.7 Å². The predicted octanol–water partition coefficient (Wildman–Crippen LogP) is 4.07. The fraction of sp³-hybridized carbons (Fsp3) is 0.600. The Morgan fingerprint density at radius 3 is 2.64 bits per heavy atom. The van der Waals surface area contributed by atoms with Gasteiger partial charge in [-0.3, -0.25) is 0 Å². The minimum atomic E-state index is -0.502. The highest BCUT2D eigenvalue weighted by Gasteiger charge is 2.36. The fourth-order valence-electron chi connectivity index (χ4n) is 3.03. The molecule has 1 aromatic carbocycles. The van der Waals surface area contributed by atoms with Crippen LogP contribution in [-0.4, -0.2) is 36.9 Å². The van der Waals surface area contributed by atoms with E-state index in [0.717, 1.165) is 44.3 Å². The van der Waals surface area contributed by atoms with E-state index >= 15 is 0 Å². The van der Waals surface area contributed by atoms with Crippen molar-refractivity contribution in [3.05, 3.63) is 42.5 Å². The van der Waals surface area contributed by atoms with Gasteiger partial charge >= 0.3 is 0 Å². The Balaban J connectivity index is 1.75. The maximum atomic E-state index is 9.42. The molecular weight excluding hydrogens is 318 g/mol. The van der Waals surface area contributed by atoms with Gasteiger partial charge in [0.05, 0.1) is 19.3 Å². The Morgan fingerprint density at radius 2 is 1.96 bits per heavy atom. The molecule has 1 heterocycles. The van der Waals surface area contributed by atoms with Gasteiger partial charge in [0.2, 0.25) is 0 Å². The van der Waals surface area contributed by atoms with Crippen LogP contribution in [0.15, 0.2) is 42.5 Å². The summed E-state index contributed by atoms with van der Waals surface area (Å²) in [6, 6.07) is 9.46. The second-order valence-corrected chi connectivity index (χ2v) is 6.41. The Hall–Kier alpha value is -1.40. The Bertz CT molecular complexity index is 486. The first-order valence-corrected chi connectivity index (χ1v) is 9.24. The Morgan fingerprint density at radius 1 is 1.20 bits per heavy atom. The van der Waals surface area contributed by atoms with E-state index in [1.807, 2.05) is 37.3 Å². The molecule has 1 atom stereocenters. The molecule has 1 aliphatic heterocycles. The number of ether oxygens (including phenoxy) is 3. The van der Waals surface area contributed by atoms with Crippen molar-refractivity contribution in [3.63, 3.8) is 0 Å². The number of rotatable bonds is 12. The van der Waals surface area contributed by atoms with Crippen molar-refractivity contribution in [2.45, 2.75) is 57.3 Å². The number of benzene rings is 1. The number of hydrogen-bond acceptors (Lipinski definition) is 5. The summed E-state index contributed by atoms with van der Waals surface area (Å²) in [5.74, 6) is 0.299. The van der Waals surface area contributed by atoms with Gasteiger partial charge in [0, 0.05) is 12.8 Å². The quantitative estimate of drug-likeness (QED) is 0.338. The van der Waals surface area contributed by atoms with Crippen molar-refractivity contribution < 1.29 is 19.4 Å². The normalized spacial score (nSPS) is 17.8.